The van der Waals surface area contributed by atoms with Crippen molar-refractivity contribution >= 4 is 21.4 Å². The minimum absolute atomic E-state index is 0.207. The molecule has 3 aromatic carbocycles. The van der Waals surface area contributed by atoms with Gasteiger partial charge in [-0.2, -0.15) is 0 Å². The van der Waals surface area contributed by atoms with Crippen molar-refractivity contribution in [2.75, 3.05) is 10.0 Å². The molecule has 2 aliphatic rings. The van der Waals surface area contributed by atoms with Crippen LogP contribution in [0.3, 0.4) is 0 Å². The van der Waals surface area contributed by atoms with Crippen molar-refractivity contribution in [1.29, 1.82) is 0 Å². The fraction of sp³-hybridized carbons (Fsp3) is 0.200. The predicted molar refractivity (Wildman–Crippen MR) is 121 cm³/mol. The number of benzene rings is 3. The van der Waals surface area contributed by atoms with E-state index < -0.39 is 10.0 Å². The smallest absolute Gasteiger partial charge is 0.261 e. The minimum atomic E-state index is -3.65. The van der Waals surface area contributed by atoms with Gasteiger partial charge in [0.05, 0.1) is 10.9 Å². The Balaban J connectivity index is 1.50. The van der Waals surface area contributed by atoms with Crippen LogP contribution in [0.15, 0.2) is 89.8 Å². The van der Waals surface area contributed by atoms with Crippen LogP contribution < -0.4 is 10.0 Å². The van der Waals surface area contributed by atoms with Gasteiger partial charge in [-0.3, -0.25) is 4.72 Å². The lowest BCUT2D eigenvalue weighted by molar-refractivity contribution is 0.425. The molecule has 30 heavy (non-hydrogen) atoms. The largest absolute Gasteiger partial charge is 0.378 e. The topological polar surface area (TPSA) is 58.2 Å². The molecule has 0 aromatic heterocycles. The van der Waals surface area contributed by atoms with Gasteiger partial charge in [-0.1, -0.05) is 60.2 Å². The van der Waals surface area contributed by atoms with Crippen molar-refractivity contribution in [3.05, 3.63) is 102 Å². The number of para-hydroxylation sites is 1. The zero-order valence-electron chi connectivity index (χ0n) is 16.7. The number of fused-ring (bicyclic) bond motifs is 3. The highest BCUT2D eigenvalue weighted by Crippen LogP contribution is 2.50. The lowest BCUT2D eigenvalue weighted by atomic mass is 9.77. The average Bonchev–Trinajstić information content (AvgIpc) is 3.23. The summed E-state index contributed by atoms with van der Waals surface area (Å²) >= 11 is 0. The highest BCUT2D eigenvalue weighted by molar-refractivity contribution is 7.92. The number of allylic oxidation sites excluding steroid dienone is 2. The van der Waals surface area contributed by atoms with Crippen LogP contribution in [-0.4, -0.2) is 8.42 Å². The van der Waals surface area contributed by atoms with Crippen molar-refractivity contribution in [2.45, 2.75) is 30.2 Å². The molecule has 152 valence electrons. The number of anilines is 2. The molecule has 0 fully saturated rings. The second-order valence-electron chi connectivity index (χ2n) is 8.11. The van der Waals surface area contributed by atoms with Crippen molar-refractivity contribution in [2.24, 2.45) is 5.92 Å². The third kappa shape index (κ3) is 3.39. The van der Waals surface area contributed by atoms with Crippen LogP contribution in [0.1, 0.15) is 35.1 Å². The average molecular weight is 417 g/mol. The number of nitrogens with one attached hydrogen (secondary N) is 2. The van der Waals surface area contributed by atoms with E-state index in [2.05, 4.69) is 53.4 Å². The first kappa shape index (κ1) is 18.9. The van der Waals surface area contributed by atoms with E-state index in [0.29, 0.717) is 16.5 Å². The summed E-state index contributed by atoms with van der Waals surface area (Å²) in [7, 11) is -3.65. The maximum atomic E-state index is 13.0. The van der Waals surface area contributed by atoms with Crippen LogP contribution in [-0.2, 0) is 10.0 Å². The molecule has 0 saturated heterocycles. The van der Waals surface area contributed by atoms with E-state index in [9.17, 15) is 8.42 Å². The van der Waals surface area contributed by atoms with E-state index in [4.69, 9.17) is 0 Å². The van der Waals surface area contributed by atoms with Gasteiger partial charge >= 0.3 is 0 Å². The Morgan fingerprint density at radius 3 is 2.60 bits per heavy atom. The molecule has 0 radical (unpaired) electrons. The van der Waals surface area contributed by atoms with Gasteiger partial charge in [-0.25, -0.2) is 8.42 Å². The number of rotatable bonds is 4. The molecule has 5 rings (SSSR count). The first-order valence-corrected chi connectivity index (χ1v) is 11.7. The second kappa shape index (κ2) is 7.33. The number of aryl methyl sites for hydroxylation is 1. The van der Waals surface area contributed by atoms with Crippen LogP contribution in [0.25, 0.3) is 0 Å². The third-order valence-electron chi connectivity index (χ3n) is 6.07. The maximum absolute atomic E-state index is 13.0. The zero-order valence-corrected chi connectivity index (χ0v) is 17.6. The summed E-state index contributed by atoms with van der Waals surface area (Å²) in [6.45, 7) is 2.11. The number of hydrogen-bond donors (Lipinski definition) is 2. The first-order valence-electron chi connectivity index (χ1n) is 10.2. The fourth-order valence-corrected chi connectivity index (χ4v) is 5.75. The molecule has 2 N–H and O–H groups in total. The van der Waals surface area contributed by atoms with Gasteiger partial charge in [0.2, 0.25) is 0 Å². The second-order valence-corrected chi connectivity index (χ2v) is 9.79. The molecule has 3 atom stereocenters. The van der Waals surface area contributed by atoms with Crippen molar-refractivity contribution in [1.82, 2.24) is 0 Å². The normalized spacial score (nSPS) is 22.1. The van der Waals surface area contributed by atoms with E-state index in [1.165, 1.54) is 11.1 Å². The van der Waals surface area contributed by atoms with Gasteiger partial charge in [-0.15, -0.1) is 0 Å². The first-order chi connectivity index (χ1) is 14.5. The molecule has 0 spiro atoms. The van der Waals surface area contributed by atoms with Gasteiger partial charge in [0.1, 0.15) is 0 Å². The summed E-state index contributed by atoms with van der Waals surface area (Å²) in [4.78, 5) is 0.292. The molecule has 0 amide bonds. The van der Waals surface area contributed by atoms with Gasteiger partial charge in [-0.05, 0) is 60.7 Å². The van der Waals surface area contributed by atoms with Crippen molar-refractivity contribution in [3.63, 3.8) is 0 Å². The summed E-state index contributed by atoms with van der Waals surface area (Å²) in [5, 5.41) is 3.69. The Bertz CT molecular complexity index is 1220. The van der Waals surface area contributed by atoms with Crippen LogP contribution >= 0.6 is 0 Å². The monoisotopic (exact) mass is 416 g/mol. The Morgan fingerprint density at radius 1 is 0.967 bits per heavy atom. The molecule has 0 bridgehead atoms. The number of sulfonamides is 1. The van der Waals surface area contributed by atoms with Crippen molar-refractivity contribution in [3.8, 4) is 0 Å². The summed E-state index contributed by atoms with van der Waals surface area (Å²) in [5.41, 5.74) is 5.14. The van der Waals surface area contributed by atoms with Gasteiger partial charge < -0.3 is 5.32 Å². The quantitative estimate of drug-likeness (QED) is 0.543. The van der Waals surface area contributed by atoms with Crippen LogP contribution in [0.2, 0.25) is 0 Å². The van der Waals surface area contributed by atoms with Gasteiger partial charge in [0, 0.05) is 17.3 Å². The molecule has 1 aliphatic carbocycles. The molecule has 3 unspecified atom stereocenters. The Labute approximate surface area is 177 Å². The maximum Gasteiger partial charge on any atom is 0.261 e. The van der Waals surface area contributed by atoms with Crippen LogP contribution in [0, 0.1) is 12.8 Å². The molecule has 1 aliphatic heterocycles. The standard InChI is InChI=1S/C25H24N2O2S/c1-17-7-5-8-18(15-17)25-22-12-6-11-21(22)23-16-20(13-14-24(23)26-25)30(28,29)27-19-9-3-2-4-10-19/h2-11,13-16,21-22,25-27H,12H2,1H3. The van der Waals surface area contributed by atoms with Gasteiger partial charge in [0.15, 0.2) is 0 Å². The molecule has 4 nitrogen and oxygen atoms in total. The molecule has 1 heterocycles. The lowest BCUT2D eigenvalue weighted by Gasteiger charge is -2.37. The Kier molecular flexibility index (Phi) is 4.63. The number of hydrogen-bond acceptors (Lipinski definition) is 3. The third-order valence-corrected chi connectivity index (χ3v) is 7.45. The van der Waals surface area contributed by atoms with Crippen LogP contribution in [0.4, 0.5) is 11.4 Å². The van der Waals surface area contributed by atoms with E-state index in [-0.39, 0.29) is 12.0 Å². The Morgan fingerprint density at radius 2 is 1.80 bits per heavy atom. The summed E-state index contributed by atoms with van der Waals surface area (Å²) < 4.78 is 28.6. The summed E-state index contributed by atoms with van der Waals surface area (Å²) in [5.74, 6) is 0.581. The van der Waals surface area contributed by atoms with E-state index in [1.807, 2.05) is 30.3 Å². The van der Waals surface area contributed by atoms with Crippen molar-refractivity contribution < 1.29 is 8.42 Å². The molecular weight excluding hydrogens is 392 g/mol. The highest BCUT2D eigenvalue weighted by Gasteiger charge is 2.38. The van der Waals surface area contributed by atoms with Crippen LogP contribution in [0.5, 0.6) is 0 Å². The zero-order chi connectivity index (χ0) is 20.7. The molecule has 0 saturated carbocycles. The molecule has 3 aromatic rings. The molecular formula is C25H24N2O2S. The predicted octanol–water partition coefficient (Wildman–Crippen LogP) is 5.62. The van der Waals surface area contributed by atoms with E-state index >= 15 is 0 Å². The summed E-state index contributed by atoms with van der Waals surface area (Å²) in [6.07, 6.45) is 5.43. The SMILES string of the molecule is Cc1cccc(C2Nc3ccc(S(=O)(=O)Nc4ccccc4)cc3C3C=CCC32)c1. The fourth-order valence-electron chi connectivity index (χ4n) is 4.65. The van der Waals surface area contributed by atoms with E-state index in [1.54, 1.807) is 18.2 Å². The minimum Gasteiger partial charge on any atom is -0.378 e. The van der Waals surface area contributed by atoms with Gasteiger partial charge in [0.25, 0.3) is 10.0 Å². The highest BCUT2D eigenvalue weighted by atomic mass is 32.2. The lowest BCUT2D eigenvalue weighted by Crippen LogP contribution is -2.29. The Hall–Kier alpha value is -3.05. The molecule has 5 heteroatoms. The summed E-state index contributed by atoms with van der Waals surface area (Å²) in [6, 6.07) is 23.2. The van der Waals surface area contributed by atoms with E-state index in [0.717, 1.165) is 17.7 Å².